The van der Waals surface area contributed by atoms with Crippen LogP contribution in [0.5, 0.6) is 0 Å². The largest absolute Gasteiger partial charge is 0.480 e. The third-order valence-electron chi connectivity index (χ3n) is 3.32. The molecule has 0 aromatic carbocycles. The van der Waals surface area contributed by atoms with E-state index in [1.54, 1.807) is 20.8 Å². The van der Waals surface area contributed by atoms with E-state index < -0.39 is 17.7 Å². The van der Waals surface area contributed by atoms with Crippen LogP contribution in [0, 0.1) is 11.8 Å². The SMILES string of the molecule is CC(C)(C)OC(=O)NCC1CCCC1C(=O)NCC(=O)O. The smallest absolute Gasteiger partial charge is 0.407 e. The van der Waals surface area contributed by atoms with Crippen molar-refractivity contribution in [3.8, 4) is 0 Å². The van der Waals surface area contributed by atoms with E-state index >= 15 is 0 Å². The standard InChI is InChI=1S/C14H24N2O5/c1-14(2,3)21-13(20)16-7-9-5-4-6-10(9)12(19)15-8-11(17)18/h9-10H,4-8H2,1-3H3,(H,15,19)(H,16,20)(H,17,18). The van der Waals surface area contributed by atoms with Gasteiger partial charge in [-0.15, -0.1) is 0 Å². The summed E-state index contributed by atoms with van der Waals surface area (Å²) < 4.78 is 5.14. The summed E-state index contributed by atoms with van der Waals surface area (Å²) in [5, 5.41) is 13.6. The number of carboxylic acids is 1. The summed E-state index contributed by atoms with van der Waals surface area (Å²) in [7, 11) is 0. The van der Waals surface area contributed by atoms with Crippen LogP contribution in [0.2, 0.25) is 0 Å². The molecule has 3 N–H and O–H groups in total. The van der Waals surface area contributed by atoms with Crippen molar-refractivity contribution in [3.63, 3.8) is 0 Å². The molecule has 1 aliphatic rings. The fourth-order valence-corrected chi connectivity index (χ4v) is 2.45. The van der Waals surface area contributed by atoms with Gasteiger partial charge in [-0.1, -0.05) is 6.42 Å². The molecule has 7 heteroatoms. The Bertz CT molecular complexity index is 403. The molecule has 0 heterocycles. The second-order valence-corrected chi connectivity index (χ2v) is 6.29. The van der Waals surface area contributed by atoms with E-state index in [1.807, 2.05) is 0 Å². The summed E-state index contributed by atoms with van der Waals surface area (Å²) in [5.74, 6) is -1.55. The Morgan fingerprint density at radius 3 is 2.43 bits per heavy atom. The van der Waals surface area contributed by atoms with E-state index in [-0.39, 0.29) is 24.3 Å². The maximum Gasteiger partial charge on any atom is 0.407 e. The van der Waals surface area contributed by atoms with Crippen LogP contribution < -0.4 is 10.6 Å². The summed E-state index contributed by atoms with van der Waals surface area (Å²) in [4.78, 5) is 34.0. The van der Waals surface area contributed by atoms with Crippen molar-refractivity contribution in [1.82, 2.24) is 10.6 Å². The van der Waals surface area contributed by atoms with Crippen LogP contribution in [-0.4, -0.2) is 41.8 Å². The average molecular weight is 300 g/mol. The van der Waals surface area contributed by atoms with Gasteiger partial charge in [0.1, 0.15) is 12.1 Å². The number of amides is 2. The molecule has 0 aromatic rings. The van der Waals surface area contributed by atoms with Gasteiger partial charge in [-0.05, 0) is 39.5 Å². The molecule has 21 heavy (non-hydrogen) atoms. The zero-order chi connectivity index (χ0) is 16.0. The van der Waals surface area contributed by atoms with Crippen molar-refractivity contribution in [2.45, 2.75) is 45.6 Å². The molecule has 7 nitrogen and oxygen atoms in total. The molecular formula is C14H24N2O5. The van der Waals surface area contributed by atoms with Crippen LogP contribution in [0.15, 0.2) is 0 Å². The molecule has 2 amide bonds. The monoisotopic (exact) mass is 300 g/mol. The molecule has 2 atom stereocenters. The second kappa shape index (κ2) is 7.28. The highest BCUT2D eigenvalue weighted by atomic mass is 16.6. The fourth-order valence-electron chi connectivity index (χ4n) is 2.45. The Kier molecular flexibility index (Phi) is 5.99. The van der Waals surface area contributed by atoms with Crippen LogP contribution >= 0.6 is 0 Å². The minimum absolute atomic E-state index is 0.0197. The lowest BCUT2D eigenvalue weighted by molar-refractivity contribution is -0.138. The van der Waals surface area contributed by atoms with E-state index in [0.717, 1.165) is 12.8 Å². The van der Waals surface area contributed by atoms with E-state index in [1.165, 1.54) is 0 Å². The molecule has 0 spiro atoms. The van der Waals surface area contributed by atoms with Gasteiger partial charge >= 0.3 is 12.1 Å². The van der Waals surface area contributed by atoms with E-state index in [2.05, 4.69) is 10.6 Å². The Morgan fingerprint density at radius 2 is 1.86 bits per heavy atom. The number of hydrogen-bond donors (Lipinski definition) is 3. The van der Waals surface area contributed by atoms with Crippen molar-refractivity contribution >= 4 is 18.0 Å². The van der Waals surface area contributed by atoms with Gasteiger partial charge in [0.25, 0.3) is 0 Å². The van der Waals surface area contributed by atoms with Gasteiger partial charge in [0.2, 0.25) is 5.91 Å². The zero-order valence-corrected chi connectivity index (χ0v) is 12.8. The predicted octanol–water partition coefficient (Wildman–Crippen LogP) is 1.13. The highest BCUT2D eigenvalue weighted by Crippen LogP contribution is 2.31. The molecule has 0 bridgehead atoms. The number of hydrogen-bond acceptors (Lipinski definition) is 4. The molecule has 1 fully saturated rings. The molecule has 0 saturated heterocycles. The van der Waals surface area contributed by atoms with Gasteiger partial charge in [-0.2, -0.15) is 0 Å². The Labute approximate surface area is 124 Å². The van der Waals surface area contributed by atoms with Crippen molar-refractivity contribution < 1.29 is 24.2 Å². The molecule has 0 radical (unpaired) electrons. The van der Waals surface area contributed by atoms with E-state index in [0.29, 0.717) is 13.0 Å². The number of aliphatic carboxylic acids is 1. The van der Waals surface area contributed by atoms with Gasteiger partial charge in [-0.3, -0.25) is 9.59 Å². The Hall–Kier alpha value is -1.79. The zero-order valence-electron chi connectivity index (χ0n) is 12.8. The van der Waals surface area contributed by atoms with Gasteiger partial charge in [-0.25, -0.2) is 4.79 Å². The van der Waals surface area contributed by atoms with Crippen molar-refractivity contribution in [2.24, 2.45) is 11.8 Å². The predicted molar refractivity (Wildman–Crippen MR) is 75.7 cm³/mol. The number of carbonyl (C=O) groups is 3. The first kappa shape index (κ1) is 17.3. The number of carboxylic acid groups (broad SMARTS) is 1. The summed E-state index contributed by atoms with van der Waals surface area (Å²) in [5.41, 5.74) is -0.558. The number of alkyl carbamates (subject to hydrolysis) is 1. The van der Waals surface area contributed by atoms with Crippen LogP contribution in [0.1, 0.15) is 40.0 Å². The Balaban J connectivity index is 2.41. The highest BCUT2D eigenvalue weighted by Gasteiger charge is 2.33. The molecule has 1 aliphatic carbocycles. The maximum atomic E-state index is 11.9. The molecule has 2 unspecified atom stereocenters. The van der Waals surface area contributed by atoms with Crippen molar-refractivity contribution in [2.75, 3.05) is 13.1 Å². The topological polar surface area (TPSA) is 105 Å². The van der Waals surface area contributed by atoms with Gasteiger partial charge < -0.3 is 20.5 Å². The fraction of sp³-hybridized carbons (Fsp3) is 0.786. The summed E-state index contributed by atoms with van der Waals surface area (Å²) >= 11 is 0. The first-order valence-electron chi connectivity index (χ1n) is 7.15. The molecule has 1 saturated carbocycles. The normalized spacial score (nSPS) is 21.7. The van der Waals surface area contributed by atoms with Crippen LogP contribution in [0.4, 0.5) is 4.79 Å². The Morgan fingerprint density at radius 1 is 1.19 bits per heavy atom. The number of nitrogens with one attached hydrogen (secondary N) is 2. The maximum absolute atomic E-state index is 11.9. The molecule has 1 rings (SSSR count). The lowest BCUT2D eigenvalue weighted by Gasteiger charge is -2.22. The third kappa shape index (κ3) is 6.46. The van der Waals surface area contributed by atoms with Gasteiger partial charge in [0.15, 0.2) is 0 Å². The van der Waals surface area contributed by atoms with Crippen molar-refractivity contribution in [3.05, 3.63) is 0 Å². The highest BCUT2D eigenvalue weighted by molar-refractivity contribution is 5.83. The molecule has 120 valence electrons. The quantitative estimate of drug-likeness (QED) is 0.706. The number of ether oxygens (including phenoxy) is 1. The summed E-state index contributed by atoms with van der Waals surface area (Å²) in [6.07, 6.45) is 1.94. The lowest BCUT2D eigenvalue weighted by atomic mass is 9.95. The molecule has 0 aromatic heterocycles. The molecular weight excluding hydrogens is 276 g/mol. The first-order chi connectivity index (χ1) is 9.69. The minimum atomic E-state index is -1.07. The van der Waals surface area contributed by atoms with Gasteiger partial charge in [0.05, 0.1) is 0 Å². The van der Waals surface area contributed by atoms with Crippen LogP contribution in [-0.2, 0) is 14.3 Å². The van der Waals surface area contributed by atoms with E-state index in [4.69, 9.17) is 9.84 Å². The van der Waals surface area contributed by atoms with Crippen molar-refractivity contribution in [1.29, 1.82) is 0 Å². The lowest BCUT2D eigenvalue weighted by Crippen LogP contribution is -2.40. The van der Waals surface area contributed by atoms with Crippen LogP contribution in [0.3, 0.4) is 0 Å². The third-order valence-corrected chi connectivity index (χ3v) is 3.32. The van der Waals surface area contributed by atoms with E-state index in [9.17, 15) is 14.4 Å². The molecule has 0 aliphatic heterocycles. The van der Waals surface area contributed by atoms with Crippen LogP contribution in [0.25, 0.3) is 0 Å². The average Bonchev–Trinajstić information content (AvgIpc) is 2.79. The first-order valence-corrected chi connectivity index (χ1v) is 7.15. The summed E-state index contributed by atoms with van der Waals surface area (Å²) in [6.45, 7) is 5.33. The van der Waals surface area contributed by atoms with Gasteiger partial charge in [0, 0.05) is 12.5 Å². The number of rotatable bonds is 5. The second-order valence-electron chi connectivity index (χ2n) is 6.29. The summed E-state index contributed by atoms with van der Waals surface area (Å²) in [6, 6.07) is 0. The number of carbonyl (C=O) groups excluding carboxylic acids is 2. The minimum Gasteiger partial charge on any atom is -0.480 e.